The van der Waals surface area contributed by atoms with E-state index in [0.29, 0.717) is 24.7 Å². The number of nitrogens with one attached hydrogen (secondary N) is 2. The fraction of sp³-hybridized carbons (Fsp3) is 0.308. The molecule has 1 atom stereocenters. The van der Waals surface area contributed by atoms with E-state index in [-0.39, 0.29) is 23.5 Å². The Bertz CT molecular complexity index is 1300. The van der Waals surface area contributed by atoms with Gasteiger partial charge in [-0.3, -0.25) is 0 Å². The lowest BCUT2D eigenvalue weighted by molar-refractivity contribution is 0.0521. The van der Waals surface area contributed by atoms with E-state index in [2.05, 4.69) is 21.7 Å². The van der Waals surface area contributed by atoms with E-state index in [4.69, 9.17) is 19.9 Å². The molecule has 36 heavy (non-hydrogen) atoms. The first-order valence-electron chi connectivity index (χ1n) is 11.8. The summed E-state index contributed by atoms with van der Waals surface area (Å²) in [5.74, 6) is -0.203. The van der Waals surface area contributed by atoms with Crippen LogP contribution < -0.4 is 25.8 Å². The zero-order chi connectivity index (χ0) is 25.1. The molecule has 8 nitrogen and oxygen atoms in total. The molecule has 0 radical (unpaired) electrons. The number of anilines is 1. The van der Waals surface area contributed by atoms with Crippen LogP contribution >= 0.6 is 11.3 Å². The van der Waals surface area contributed by atoms with Gasteiger partial charge in [0.05, 0.1) is 17.7 Å². The molecule has 0 unspecified atom stereocenters. The van der Waals surface area contributed by atoms with E-state index in [1.807, 2.05) is 17.5 Å². The van der Waals surface area contributed by atoms with Crippen molar-refractivity contribution in [2.24, 2.45) is 5.73 Å². The number of rotatable bonds is 9. The maximum atomic E-state index is 14.6. The van der Waals surface area contributed by atoms with E-state index >= 15 is 0 Å². The van der Waals surface area contributed by atoms with Crippen LogP contribution in [-0.2, 0) is 16.7 Å². The number of aromatic nitrogens is 1. The van der Waals surface area contributed by atoms with Crippen LogP contribution in [0.15, 0.2) is 53.7 Å². The number of halogens is 1. The first-order chi connectivity index (χ1) is 17.5. The van der Waals surface area contributed by atoms with Gasteiger partial charge in [-0.25, -0.2) is 14.2 Å². The van der Waals surface area contributed by atoms with Crippen molar-refractivity contribution < 1.29 is 23.4 Å². The Labute approximate surface area is 212 Å². The third-order valence-electron chi connectivity index (χ3n) is 6.11. The lowest BCUT2D eigenvalue weighted by Gasteiger charge is -2.45. The summed E-state index contributed by atoms with van der Waals surface area (Å²) in [5, 5.41) is 9.78. The molecule has 0 saturated heterocycles. The standard InChI is InChI=1S/C26H27FN4O4S/c1-2-33-24(32)19-4-3-18(12-21(19)27)35-23-13-20-16(11-22(23)34-9-6-28)5-7-30-26(20)14-17(15-26)31-25-29-8-10-36-25/h3-4,8,10-14,30H,2,5-7,9,15,28H2,1H3,(H,29,31)/t26-/m1/s1. The molecule has 10 heteroatoms. The first-order valence-corrected chi connectivity index (χ1v) is 12.7. The highest BCUT2D eigenvalue weighted by molar-refractivity contribution is 7.13. The average Bonchev–Trinajstić information content (AvgIpc) is 3.35. The molecule has 0 amide bonds. The van der Waals surface area contributed by atoms with Crippen molar-refractivity contribution in [3.8, 4) is 17.2 Å². The Balaban J connectivity index is 1.45. The van der Waals surface area contributed by atoms with Gasteiger partial charge >= 0.3 is 5.97 Å². The van der Waals surface area contributed by atoms with Crippen LogP contribution in [0.25, 0.3) is 0 Å². The number of thiazole rings is 1. The number of esters is 1. The summed E-state index contributed by atoms with van der Waals surface area (Å²) in [7, 11) is 0. The molecule has 0 fully saturated rings. The van der Waals surface area contributed by atoms with Crippen LogP contribution in [0.2, 0.25) is 0 Å². The summed E-state index contributed by atoms with van der Waals surface area (Å²) in [5.41, 5.74) is 8.51. The summed E-state index contributed by atoms with van der Waals surface area (Å²) in [6.45, 7) is 3.32. The second-order valence-corrected chi connectivity index (χ2v) is 9.41. The largest absolute Gasteiger partial charge is 0.488 e. The normalized spacial score (nSPS) is 18.1. The predicted octanol–water partition coefficient (Wildman–Crippen LogP) is 4.33. The van der Waals surface area contributed by atoms with Gasteiger partial charge in [0.2, 0.25) is 0 Å². The second kappa shape index (κ2) is 10.3. The second-order valence-electron chi connectivity index (χ2n) is 8.51. The number of nitrogens with two attached hydrogens (primary N) is 1. The number of hydrogen-bond acceptors (Lipinski definition) is 9. The molecule has 2 heterocycles. The first kappa shape index (κ1) is 24.2. The number of ether oxygens (including phenoxy) is 3. The molecular formula is C26H27FN4O4S. The van der Waals surface area contributed by atoms with Crippen LogP contribution in [0.1, 0.15) is 34.8 Å². The van der Waals surface area contributed by atoms with Crippen molar-refractivity contribution in [3.05, 3.63) is 76.2 Å². The minimum absolute atomic E-state index is 0.141. The molecule has 1 aliphatic heterocycles. The van der Waals surface area contributed by atoms with Crippen molar-refractivity contribution in [1.82, 2.24) is 10.3 Å². The molecule has 0 saturated carbocycles. The number of hydrogen-bond donors (Lipinski definition) is 3. The highest BCUT2D eigenvalue weighted by Gasteiger charge is 2.42. The molecule has 188 valence electrons. The van der Waals surface area contributed by atoms with Gasteiger partial charge in [-0.2, -0.15) is 0 Å². The summed E-state index contributed by atoms with van der Waals surface area (Å²) >= 11 is 1.55. The zero-order valence-corrected chi connectivity index (χ0v) is 20.6. The molecule has 1 aliphatic carbocycles. The van der Waals surface area contributed by atoms with Gasteiger partial charge in [-0.05, 0) is 54.8 Å². The number of carbonyl (C=O) groups is 1. The van der Waals surface area contributed by atoms with Gasteiger partial charge in [0.15, 0.2) is 16.6 Å². The van der Waals surface area contributed by atoms with E-state index in [1.165, 1.54) is 18.2 Å². The summed E-state index contributed by atoms with van der Waals surface area (Å²) in [6.07, 6.45) is 5.54. The fourth-order valence-corrected chi connectivity index (χ4v) is 5.08. The topological polar surface area (TPSA) is 108 Å². The third-order valence-corrected chi connectivity index (χ3v) is 6.80. The Morgan fingerprint density at radius 2 is 2.17 bits per heavy atom. The number of carbonyl (C=O) groups excluding carboxylic acids is 1. The Hall–Kier alpha value is -3.47. The van der Waals surface area contributed by atoms with Crippen LogP contribution in [-0.4, -0.2) is 37.3 Å². The van der Waals surface area contributed by atoms with Crippen LogP contribution in [0.5, 0.6) is 17.2 Å². The maximum Gasteiger partial charge on any atom is 0.341 e. The Kier molecular flexibility index (Phi) is 6.90. The Morgan fingerprint density at radius 1 is 1.31 bits per heavy atom. The van der Waals surface area contributed by atoms with Crippen molar-refractivity contribution in [1.29, 1.82) is 0 Å². The van der Waals surface area contributed by atoms with E-state index in [1.54, 1.807) is 24.5 Å². The fourth-order valence-electron chi connectivity index (χ4n) is 4.52. The lowest BCUT2D eigenvalue weighted by atomic mass is 9.72. The average molecular weight is 511 g/mol. The minimum atomic E-state index is -0.716. The molecule has 0 bridgehead atoms. The maximum absolute atomic E-state index is 14.6. The van der Waals surface area contributed by atoms with Crippen LogP contribution in [0, 0.1) is 5.82 Å². The number of fused-ring (bicyclic) bond motifs is 2. The van der Waals surface area contributed by atoms with Gasteiger partial charge in [0, 0.05) is 42.9 Å². The van der Waals surface area contributed by atoms with E-state index in [9.17, 15) is 9.18 Å². The molecule has 3 aromatic rings. The highest BCUT2D eigenvalue weighted by atomic mass is 32.1. The van der Waals surface area contributed by atoms with Crippen molar-refractivity contribution >= 4 is 22.4 Å². The summed E-state index contributed by atoms with van der Waals surface area (Å²) in [6, 6.07) is 7.99. The number of nitrogens with zero attached hydrogens (tertiary/aromatic N) is 1. The summed E-state index contributed by atoms with van der Waals surface area (Å²) in [4.78, 5) is 16.2. The molecule has 2 aliphatic rings. The molecule has 1 spiro atoms. The quantitative estimate of drug-likeness (QED) is 0.365. The smallest absolute Gasteiger partial charge is 0.341 e. The van der Waals surface area contributed by atoms with E-state index < -0.39 is 11.8 Å². The summed E-state index contributed by atoms with van der Waals surface area (Å²) < 4.78 is 31.5. The highest BCUT2D eigenvalue weighted by Crippen LogP contribution is 2.47. The van der Waals surface area contributed by atoms with E-state index in [0.717, 1.165) is 41.3 Å². The molecule has 4 N–H and O–H groups in total. The van der Waals surface area contributed by atoms with Crippen LogP contribution in [0.3, 0.4) is 0 Å². The lowest BCUT2D eigenvalue weighted by Crippen LogP contribution is -2.51. The zero-order valence-electron chi connectivity index (χ0n) is 19.8. The van der Waals surface area contributed by atoms with Crippen LogP contribution in [0.4, 0.5) is 9.52 Å². The monoisotopic (exact) mass is 510 g/mol. The SMILES string of the molecule is CCOC(=O)c1ccc(Oc2cc3c(cc2OCCN)CCN[C@@]32C=C(Nc3nccs3)C2)cc1F. The minimum Gasteiger partial charge on any atom is -0.488 e. The molecule has 5 rings (SSSR count). The number of benzene rings is 2. The van der Waals surface area contributed by atoms with Gasteiger partial charge in [0.25, 0.3) is 0 Å². The molecular weight excluding hydrogens is 483 g/mol. The van der Waals surface area contributed by atoms with Crippen molar-refractivity contribution in [2.75, 3.05) is 31.6 Å². The predicted molar refractivity (Wildman–Crippen MR) is 135 cm³/mol. The van der Waals surface area contributed by atoms with Crippen molar-refractivity contribution in [2.45, 2.75) is 25.3 Å². The molecule has 2 aromatic carbocycles. The molecule has 1 aromatic heterocycles. The van der Waals surface area contributed by atoms with Crippen molar-refractivity contribution in [3.63, 3.8) is 0 Å². The van der Waals surface area contributed by atoms with Gasteiger partial charge in [-0.15, -0.1) is 11.3 Å². The Morgan fingerprint density at radius 3 is 2.89 bits per heavy atom. The van der Waals surface area contributed by atoms with Gasteiger partial charge in [-0.1, -0.05) is 0 Å². The van der Waals surface area contributed by atoms with Gasteiger partial charge < -0.3 is 30.6 Å². The third kappa shape index (κ3) is 4.79. The van der Waals surface area contributed by atoms with Gasteiger partial charge in [0.1, 0.15) is 18.2 Å².